The molecule has 0 spiro atoms. The van der Waals surface area contributed by atoms with Gasteiger partial charge in [-0.25, -0.2) is 0 Å². The summed E-state index contributed by atoms with van der Waals surface area (Å²) in [6.07, 6.45) is 0. The van der Waals surface area contributed by atoms with Crippen LogP contribution >= 0.6 is 22.6 Å². The van der Waals surface area contributed by atoms with Crippen molar-refractivity contribution in [3.8, 4) is 11.5 Å². The van der Waals surface area contributed by atoms with E-state index in [-0.39, 0.29) is 0 Å². The van der Waals surface area contributed by atoms with Gasteiger partial charge < -0.3 is 4.74 Å². The molecule has 0 fully saturated rings. The van der Waals surface area contributed by atoms with Crippen molar-refractivity contribution in [2.24, 2.45) is 0 Å². The maximum Gasteiger partial charge on any atom is 0.127 e. The first-order chi connectivity index (χ1) is 8.06. The highest BCUT2D eigenvalue weighted by atomic mass is 127. The first kappa shape index (κ1) is 12.4. The van der Waals surface area contributed by atoms with Gasteiger partial charge in [0.2, 0.25) is 0 Å². The Morgan fingerprint density at radius 1 is 0.765 bits per heavy atom. The van der Waals surface area contributed by atoms with Crippen LogP contribution in [0.4, 0.5) is 0 Å². The summed E-state index contributed by atoms with van der Waals surface area (Å²) in [7, 11) is 0. The lowest BCUT2D eigenvalue weighted by atomic mass is 10.1. The highest BCUT2D eigenvalue weighted by molar-refractivity contribution is 14.1. The van der Waals surface area contributed by atoms with Crippen molar-refractivity contribution in [3.63, 3.8) is 0 Å². The van der Waals surface area contributed by atoms with E-state index in [1.54, 1.807) is 0 Å². The number of hydrogen-bond donors (Lipinski definition) is 0. The summed E-state index contributed by atoms with van der Waals surface area (Å²) in [5, 5.41) is 0. The van der Waals surface area contributed by atoms with Gasteiger partial charge in [0, 0.05) is 3.57 Å². The number of rotatable bonds is 2. The van der Waals surface area contributed by atoms with E-state index in [1.165, 1.54) is 20.3 Å². The van der Waals surface area contributed by atoms with Crippen molar-refractivity contribution in [1.82, 2.24) is 0 Å². The molecule has 0 amide bonds. The van der Waals surface area contributed by atoms with Crippen molar-refractivity contribution < 1.29 is 4.74 Å². The topological polar surface area (TPSA) is 9.23 Å². The maximum absolute atomic E-state index is 5.85. The fraction of sp³-hybridized carbons (Fsp3) is 0.200. The Hall–Kier alpha value is -1.03. The predicted molar refractivity (Wildman–Crippen MR) is 79.9 cm³/mol. The molecule has 2 aromatic rings. The lowest BCUT2D eigenvalue weighted by molar-refractivity contribution is 0.481. The van der Waals surface area contributed by atoms with Crippen LogP contribution in [0.1, 0.15) is 16.7 Å². The minimum Gasteiger partial charge on any atom is -0.457 e. The van der Waals surface area contributed by atoms with Crippen molar-refractivity contribution in [1.29, 1.82) is 0 Å². The van der Waals surface area contributed by atoms with Crippen LogP contribution in [0.25, 0.3) is 0 Å². The molecule has 2 heteroatoms. The zero-order chi connectivity index (χ0) is 12.4. The van der Waals surface area contributed by atoms with E-state index in [0.29, 0.717) is 0 Å². The average molecular weight is 338 g/mol. The molecule has 0 aliphatic heterocycles. The van der Waals surface area contributed by atoms with Gasteiger partial charge in [-0.15, -0.1) is 0 Å². The van der Waals surface area contributed by atoms with E-state index in [4.69, 9.17) is 4.74 Å². The van der Waals surface area contributed by atoms with Crippen LogP contribution in [0.5, 0.6) is 11.5 Å². The molecule has 0 saturated heterocycles. The van der Waals surface area contributed by atoms with Gasteiger partial charge in [-0.2, -0.15) is 0 Å². The number of halogens is 1. The third-order valence-corrected chi connectivity index (χ3v) is 4.05. The van der Waals surface area contributed by atoms with Gasteiger partial charge >= 0.3 is 0 Å². The highest BCUT2D eigenvalue weighted by Crippen LogP contribution is 2.25. The van der Waals surface area contributed by atoms with Gasteiger partial charge in [0.1, 0.15) is 11.5 Å². The van der Waals surface area contributed by atoms with Crippen LogP contribution < -0.4 is 4.74 Å². The van der Waals surface area contributed by atoms with Crippen LogP contribution in [0.2, 0.25) is 0 Å². The van der Waals surface area contributed by atoms with Crippen LogP contribution in [-0.4, -0.2) is 0 Å². The van der Waals surface area contributed by atoms with Crippen LogP contribution in [-0.2, 0) is 0 Å². The minimum absolute atomic E-state index is 0.895. The van der Waals surface area contributed by atoms with E-state index in [9.17, 15) is 0 Å². The smallest absolute Gasteiger partial charge is 0.127 e. The molecule has 0 bridgehead atoms. The Bertz CT molecular complexity index is 497. The lowest BCUT2D eigenvalue weighted by Crippen LogP contribution is -1.88. The Morgan fingerprint density at radius 2 is 1.35 bits per heavy atom. The fourth-order valence-corrected chi connectivity index (χ4v) is 1.93. The molecule has 0 heterocycles. The molecule has 0 aliphatic rings. The Kier molecular flexibility index (Phi) is 3.72. The molecule has 88 valence electrons. The molecule has 2 aromatic carbocycles. The summed E-state index contributed by atoms with van der Waals surface area (Å²) in [6.45, 7) is 6.30. The third kappa shape index (κ3) is 3.00. The second-order valence-corrected chi connectivity index (χ2v) is 5.42. The van der Waals surface area contributed by atoms with Gasteiger partial charge in [0.25, 0.3) is 0 Å². The minimum atomic E-state index is 0.895. The Balaban J connectivity index is 2.25. The van der Waals surface area contributed by atoms with Crippen molar-refractivity contribution >= 4 is 22.6 Å². The van der Waals surface area contributed by atoms with Gasteiger partial charge in [-0.05, 0) is 90.4 Å². The number of ether oxygens (including phenoxy) is 1. The molecule has 0 radical (unpaired) electrons. The maximum atomic E-state index is 5.85. The predicted octanol–water partition coefficient (Wildman–Crippen LogP) is 5.01. The first-order valence-electron chi connectivity index (χ1n) is 5.57. The van der Waals surface area contributed by atoms with Gasteiger partial charge in [-0.1, -0.05) is 6.07 Å². The van der Waals surface area contributed by atoms with E-state index < -0.39 is 0 Å². The third-order valence-electron chi connectivity index (χ3n) is 2.84. The summed E-state index contributed by atoms with van der Waals surface area (Å²) in [5.74, 6) is 1.79. The molecule has 1 nitrogen and oxygen atoms in total. The van der Waals surface area contributed by atoms with Crippen LogP contribution in [0.15, 0.2) is 36.4 Å². The number of benzene rings is 2. The molecular formula is C15H15IO. The summed E-state index contributed by atoms with van der Waals surface area (Å²) < 4.78 is 7.11. The molecule has 0 aliphatic carbocycles. The number of hydrogen-bond acceptors (Lipinski definition) is 1. The molecule has 0 unspecified atom stereocenters. The lowest BCUT2D eigenvalue weighted by Gasteiger charge is -2.09. The molecule has 2 rings (SSSR count). The van der Waals surface area contributed by atoms with E-state index in [1.807, 2.05) is 12.1 Å². The SMILES string of the molecule is Cc1ccc(Oc2ccc(I)c(C)c2)cc1C. The standard InChI is InChI=1S/C15H15IO/c1-10-4-5-13(8-11(10)2)17-14-6-7-15(16)12(3)9-14/h4-9H,1-3H3. The average Bonchev–Trinajstić information content (AvgIpc) is 2.29. The monoisotopic (exact) mass is 338 g/mol. The summed E-state index contributed by atoms with van der Waals surface area (Å²) in [4.78, 5) is 0. The normalized spacial score (nSPS) is 10.4. The molecular weight excluding hydrogens is 323 g/mol. The van der Waals surface area contributed by atoms with Gasteiger partial charge in [0.15, 0.2) is 0 Å². The number of aryl methyl sites for hydroxylation is 3. The fourth-order valence-electron chi connectivity index (χ4n) is 1.59. The van der Waals surface area contributed by atoms with E-state index in [0.717, 1.165) is 11.5 Å². The van der Waals surface area contributed by atoms with Crippen molar-refractivity contribution in [3.05, 3.63) is 56.7 Å². The molecule has 0 saturated carbocycles. The van der Waals surface area contributed by atoms with Gasteiger partial charge in [-0.3, -0.25) is 0 Å². The van der Waals surface area contributed by atoms with Crippen LogP contribution in [0.3, 0.4) is 0 Å². The molecule has 0 atom stereocenters. The Labute approximate surface area is 116 Å². The van der Waals surface area contributed by atoms with Crippen molar-refractivity contribution in [2.75, 3.05) is 0 Å². The zero-order valence-corrected chi connectivity index (χ0v) is 12.4. The second kappa shape index (κ2) is 5.08. The van der Waals surface area contributed by atoms with E-state index >= 15 is 0 Å². The summed E-state index contributed by atoms with van der Waals surface area (Å²) in [5.41, 5.74) is 3.79. The summed E-state index contributed by atoms with van der Waals surface area (Å²) >= 11 is 2.33. The Morgan fingerprint density at radius 3 is 1.94 bits per heavy atom. The molecule has 17 heavy (non-hydrogen) atoms. The summed E-state index contributed by atoms with van der Waals surface area (Å²) in [6, 6.07) is 12.3. The largest absolute Gasteiger partial charge is 0.457 e. The quantitative estimate of drug-likeness (QED) is 0.700. The van der Waals surface area contributed by atoms with Gasteiger partial charge in [0.05, 0.1) is 0 Å². The van der Waals surface area contributed by atoms with Crippen LogP contribution in [0, 0.1) is 24.3 Å². The van der Waals surface area contributed by atoms with Crippen molar-refractivity contribution in [2.45, 2.75) is 20.8 Å². The first-order valence-corrected chi connectivity index (χ1v) is 6.65. The molecule has 0 N–H and O–H groups in total. The zero-order valence-electron chi connectivity index (χ0n) is 10.3. The molecule has 0 aromatic heterocycles. The highest BCUT2D eigenvalue weighted by Gasteiger charge is 2.01. The van der Waals surface area contributed by atoms with E-state index in [2.05, 4.69) is 67.6 Å². The second-order valence-electron chi connectivity index (χ2n) is 4.26.